The third kappa shape index (κ3) is 7.83. The first-order valence-corrected chi connectivity index (χ1v) is 24.4. The van der Waals surface area contributed by atoms with Crippen molar-refractivity contribution in [3.63, 3.8) is 0 Å². The molecule has 0 spiro atoms. The van der Waals surface area contributed by atoms with Gasteiger partial charge in [0.2, 0.25) is 0 Å². The molecule has 25 atom stereocenters. The van der Waals surface area contributed by atoms with Crippen molar-refractivity contribution in [3.8, 4) is 0 Å². The lowest BCUT2D eigenvalue weighted by Crippen LogP contribution is -2.70. The topological polar surface area (TPSA) is 315 Å². The van der Waals surface area contributed by atoms with Gasteiger partial charge in [-0.15, -0.1) is 0 Å². The van der Waals surface area contributed by atoms with Crippen LogP contribution < -0.4 is 0 Å². The summed E-state index contributed by atoms with van der Waals surface area (Å²) in [5.74, 6) is -1.42. The number of hydrogen-bond acceptors (Lipinski definition) is 18. The summed E-state index contributed by atoms with van der Waals surface area (Å²) in [6.45, 7) is 14.9. The maximum absolute atomic E-state index is 13.2. The van der Waals surface area contributed by atoms with E-state index in [2.05, 4.69) is 54.5 Å². The summed E-state index contributed by atoms with van der Waals surface area (Å²) in [6, 6.07) is 0. The molecular weight excluding hydrogens is 881 g/mol. The number of carboxylic acid groups (broad SMARTS) is 1. The molecule has 4 saturated carbocycles. The second kappa shape index (κ2) is 17.9. The summed E-state index contributed by atoms with van der Waals surface area (Å²) in [5, 5.41) is 132. The Labute approximate surface area is 392 Å². The lowest BCUT2D eigenvalue weighted by atomic mass is 9.32. The lowest BCUT2D eigenvalue weighted by Gasteiger charge is -2.72. The largest absolute Gasteiger partial charge is 0.481 e. The van der Waals surface area contributed by atoms with Crippen LogP contribution >= 0.6 is 0 Å². The fraction of sp³-hybridized carbons (Fsp3) is 0.938. The zero-order valence-electron chi connectivity index (χ0n) is 40.0. The molecule has 12 N–H and O–H groups in total. The van der Waals surface area contributed by atoms with Gasteiger partial charge in [0.1, 0.15) is 72.6 Å². The van der Waals surface area contributed by atoms with E-state index < -0.39 is 151 Å². The van der Waals surface area contributed by atoms with E-state index in [9.17, 15) is 66.1 Å². The highest BCUT2D eigenvalue weighted by Crippen LogP contribution is 2.76. The Morgan fingerprint density at radius 1 is 0.657 bits per heavy atom. The van der Waals surface area contributed by atoms with Gasteiger partial charge in [-0.2, -0.15) is 0 Å². The molecule has 19 heteroatoms. The standard InChI is InChI=1S/C48H78O19/c1-20-30(53)32(55)35(58)39(62-20)67-38-33(56)31(54)23(18-49)63-41(38)66-37-24(19-50)64-40(36(59)34(37)57)65-29-11-12-45(6)25-10-9-21-22-16-43(2,3)17-28(52)48(22,42(60)61)14-13-46(21,7)47(25,8)27(51)15-26(45)44(29,4)5/h9,20,22-41,49-59H,10-19H2,1-8H3,(H,60,61)/t20-,22-,23+,24+,25+,26-,27-,28+,29-,30-,31+,32+,33-,34+,35+,36+,37+,38+,39-,40-,41-,45+,46+,47-,48-/m0/s1. The van der Waals surface area contributed by atoms with E-state index in [1.54, 1.807) is 0 Å². The highest BCUT2D eigenvalue weighted by atomic mass is 16.8. The first kappa shape index (κ1) is 51.9. The Morgan fingerprint density at radius 3 is 1.90 bits per heavy atom. The zero-order valence-corrected chi connectivity index (χ0v) is 40.0. The number of hydrogen-bond donors (Lipinski definition) is 12. The zero-order chi connectivity index (χ0) is 49.3. The molecule has 5 aliphatic carbocycles. The molecule has 384 valence electrons. The number of fused-ring (bicyclic) bond motifs is 7. The summed E-state index contributed by atoms with van der Waals surface area (Å²) in [7, 11) is 0. The van der Waals surface area contributed by atoms with Crippen LogP contribution in [0.5, 0.6) is 0 Å². The van der Waals surface area contributed by atoms with Gasteiger partial charge < -0.3 is 89.7 Å². The van der Waals surface area contributed by atoms with Crippen LogP contribution in [0, 0.1) is 50.2 Å². The van der Waals surface area contributed by atoms with Crippen molar-refractivity contribution in [2.24, 2.45) is 50.2 Å². The van der Waals surface area contributed by atoms with Crippen LogP contribution in [0.4, 0.5) is 0 Å². The van der Waals surface area contributed by atoms with Crippen molar-refractivity contribution in [1.29, 1.82) is 0 Å². The maximum Gasteiger partial charge on any atom is 0.312 e. The van der Waals surface area contributed by atoms with E-state index in [4.69, 9.17) is 28.4 Å². The minimum atomic E-state index is -1.86. The molecule has 8 rings (SSSR count). The SMILES string of the molecule is C[C@@H]1O[C@@H](O[C@H]2[C@H](O[C@H]3[C@H](O)[C@@H](O)[C@H](O[C@H]4CC[C@]5(C)[C@H]6CC=C7[C@@H]8CC(C)(C)C[C@@H](O)[C@]8(C(=O)O)CC[C@@]7(C)[C@]6(C)[C@@H](O)C[C@H]5C4(C)C)O[C@@H]3CO)O[C@H](CO)[C@@H](O)[C@@H]2O)[C@H](O)[C@H](O)[C@H]1O. The van der Waals surface area contributed by atoms with Crippen molar-refractivity contribution < 1.29 is 94.5 Å². The number of aliphatic carboxylic acids is 1. The van der Waals surface area contributed by atoms with Crippen LogP contribution in [0.3, 0.4) is 0 Å². The van der Waals surface area contributed by atoms with Crippen LogP contribution in [0.15, 0.2) is 11.6 Å². The van der Waals surface area contributed by atoms with Crippen LogP contribution in [0.2, 0.25) is 0 Å². The summed E-state index contributed by atoms with van der Waals surface area (Å²) < 4.78 is 35.9. The molecule has 3 heterocycles. The van der Waals surface area contributed by atoms with Crippen molar-refractivity contribution in [2.45, 2.75) is 217 Å². The molecule has 19 nitrogen and oxygen atoms in total. The van der Waals surface area contributed by atoms with Crippen molar-refractivity contribution in [2.75, 3.05) is 13.2 Å². The molecule has 3 saturated heterocycles. The Morgan fingerprint density at radius 2 is 1.25 bits per heavy atom. The van der Waals surface area contributed by atoms with Gasteiger partial charge in [-0.1, -0.05) is 60.1 Å². The number of aliphatic hydroxyl groups is 11. The molecule has 8 aliphatic rings. The Hall–Kier alpha value is -1.47. The van der Waals surface area contributed by atoms with Gasteiger partial charge in [-0.25, -0.2) is 0 Å². The van der Waals surface area contributed by atoms with Crippen LogP contribution in [-0.4, -0.2) is 191 Å². The predicted octanol–water partition coefficient (Wildman–Crippen LogP) is -0.325. The second-order valence-electron chi connectivity index (χ2n) is 23.6. The second-order valence-corrected chi connectivity index (χ2v) is 23.6. The van der Waals surface area contributed by atoms with Crippen LogP contribution in [0.25, 0.3) is 0 Å². The van der Waals surface area contributed by atoms with Crippen LogP contribution in [0.1, 0.15) is 107 Å². The highest BCUT2D eigenvalue weighted by Gasteiger charge is 2.73. The Balaban J connectivity index is 1.00. The maximum atomic E-state index is 13.2. The number of allylic oxidation sites excluding steroid dienone is 2. The van der Waals surface area contributed by atoms with E-state index in [1.165, 1.54) is 6.92 Å². The monoisotopic (exact) mass is 959 g/mol. The molecule has 3 aliphatic heterocycles. The summed E-state index contributed by atoms with van der Waals surface area (Å²) in [5.41, 5.74) is -2.61. The first-order valence-electron chi connectivity index (χ1n) is 24.4. The Bertz CT molecular complexity index is 1850. The normalized spacial score (nSPS) is 55.0. The quantitative estimate of drug-likeness (QED) is 0.104. The summed E-state index contributed by atoms with van der Waals surface area (Å²) in [4.78, 5) is 13.2. The molecule has 0 bridgehead atoms. The van der Waals surface area contributed by atoms with Gasteiger partial charge in [0.15, 0.2) is 18.9 Å². The average Bonchev–Trinajstić information content (AvgIpc) is 3.25. The van der Waals surface area contributed by atoms with Gasteiger partial charge in [0, 0.05) is 5.41 Å². The average molecular weight is 959 g/mol. The van der Waals surface area contributed by atoms with Crippen molar-refractivity contribution >= 4 is 5.97 Å². The summed E-state index contributed by atoms with van der Waals surface area (Å²) in [6.07, 6.45) is -20.1. The van der Waals surface area contributed by atoms with E-state index >= 15 is 0 Å². The van der Waals surface area contributed by atoms with Gasteiger partial charge >= 0.3 is 5.97 Å². The minimum absolute atomic E-state index is 0.00414. The number of carboxylic acids is 1. The highest BCUT2D eigenvalue weighted by molar-refractivity contribution is 5.77. The van der Waals surface area contributed by atoms with Crippen LogP contribution in [-0.2, 0) is 33.2 Å². The molecular formula is C48H78O19. The predicted molar refractivity (Wildman–Crippen MR) is 232 cm³/mol. The molecule has 0 radical (unpaired) electrons. The van der Waals surface area contributed by atoms with E-state index in [-0.39, 0.29) is 28.6 Å². The first-order chi connectivity index (χ1) is 31.2. The van der Waals surface area contributed by atoms with Crippen molar-refractivity contribution in [1.82, 2.24) is 0 Å². The number of carbonyl (C=O) groups is 1. The number of ether oxygens (including phenoxy) is 6. The minimum Gasteiger partial charge on any atom is -0.481 e. The molecule has 0 aromatic heterocycles. The molecule has 67 heavy (non-hydrogen) atoms. The fourth-order valence-corrected chi connectivity index (χ4v) is 15.2. The van der Waals surface area contributed by atoms with E-state index in [0.717, 1.165) is 5.57 Å². The molecule has 0 unspecified atom stereocenters. The molecule has 0 amide bonds. The third-order valence-electron chi connectivity index (χ3n) is 19.4. The molecule has 0 aromatic rings. The number of rotatable bonds is 9. The molecule has 0 aromatic carbocycles. The van der Waals surface area contributed by atoms with E-state index in [0.29, 0.717) is 51.4 Å². The van der Waals surface area contributed by atoms with E-state index in [1.807, 2.05) is 0 Å². The van der Waals surface area contributed by atoms with Gasteiger partial charge in [-0.05, 0) is 97.7 Å². The Kier molecular flexibility index (Phi) is 13.9. The smallest absolute Gasteiger partial charge is 0.312 e. The van der Waals surface area contributed by atoms with Gasteiger partial charge in [0.25, 0.3) is 0 Å². The van der Waals surface area contributed by atoms with Crippen molar-refractivity contribution in [3.05, 3.63) is 11.6 Å². The summed E-state index contributed by atoms with van der Waals surface area (Å²) >= 11 is 0. The third-order valence-corrected chi connectivity index (χ3v) is 19.4. The lowest BCUT2D eigenvalue weighted by molar-refractivity contribution is -0.390. The van der Waals surface area contributed by atoms with Gasteiger partial charge in [-0.3, -0.25) is 4.79 Å². The fourth-order valence-electron chi connectivity index (χ4n) is 15.2. The molecule has 7 fully saturated rings. The van der Waals surface area contributed by atoms with Gasteiger partial charge in [0.05, 0.1) is 37.6 Å². The number of aliphatic hydroxyl groups excluding tert-OH is 11.